The summed E-state index contributed by atoms with van der Waals surface area (Å²) in [5.41, 5.74) is 3.29. The SMILES string of the molecule is FC(F)(F)c1ccc(-c2cnc3cc(OCc4ccccc4)c4ccccc4n23)cc1. The lowest BCUT2D eigenvalue weighted by molar-refractivity contribution is -0.137. The van der Waals surface area contributed by atoms with Crippen molar-refractivity contribution >= 4 is 16.6 Å². The number of benzene rings is 3. The number of rotatable bonds is 4. The fourth-order valence-electron chi connectivity index (χ4n) is 3.68. The third kappa shape index (κ3) is 3.61. The average Bonchev–Trinajstić information content (AvgIpc) is 3.22. The molecule has 3 aromatic carbocycles. The number of imidazole rings is 1. The predicted molar refractivity (Wildman–Crippen MR) is 114 cm³/mol. The van der Waals surface area contributed by atoms with Gasteiger partial charge in [-0.1, -0.05) is 54.6 Å². The van der Waals surface area contributed by atoms with Gasteiger partial charge in [-0.15, -0.1) is 0 Å². The molecule has 5 aromatic rings. The van der Waals surface area contributed by atoms with Crippen LogP contribution in [-0.4, -0.2) is 9.38 Å². The fraction of sp³-hybridized carbons (Fsp3) is 0.0800. The highest BCUT2D eigenvalue weighted by Gasteiger charge is 2.30. The molecule has 0 fully saturated rings. The number of aromatic nitrogens is 2. The number of ether oxygens (including phenoxy) is 1. The summed E-state index contributed by atoms with van der Waals surface area (Å²) in [6.07, 6.45) is -2.69. The molecule has 154 valence electrons. The van der Waals surface area contributed by atoms with E-state index in [1.807, 2.05) is 65.1 Å². The van der Waals surface area contributed by atoms with Crippen LogP contribution in [0.15, 0.2) is 91.1 Å². The van der Waals surface area contributed by atoms with Crippen molar-refractivity contribution in [2.45, 2.75) is 12.8 Å². The summed E-state index contributed by atoms with van der Waals surface area (Å²) >= 11 is 0. The molecular formula is C25H17F3N2O. The largest absolute Gasteiger partial charge is 0.488 e. The van der Waals surface area contributed by atoms with E-state index in [1.54, 1.807) is 6.20 Å². The van der Waals surface area contributed by atoms with Crippen LogP contribution in [0.25, 0.3) is 27.8 Å². The zero-order chi connectivity index (χ0) is 21.4. The molecule has 0 aliphatic carbocycles. The Morgan fingerprint density at radius 2 is 1.55 bits per heavy atom. The number of alkyl halides is 3. The fourth-order valence-corrected chi connectivity index (χ4v) is 3.68. The minimum Gasteiger partial charge on any atom is -0.488 e. The normalized spacial score (nSPS) is 11.8. The molecule has 0 saturated carbocycles. The molecule has 0 amide bonds. The maximum atomic E-state index is 12.9. The van der Waals surface area contributed by atoms with Gasteiger partial charge in [-0.05, 0) is 29.8 Å². The lowest BCUT2D eigenvalue weighted by Crippen LogP contribution is -2.04. The van der Waals surface area contributed by atoms with E-state index in [0.29, 0.717) is 23.6 Å². The van der Waals surface area contributed by atoms with Crippen molar-refractivity contribution in [3.8, 4) is 17.0 Å². The number of nitrogens with zero attached hydrogens (tertiary/aromatic N) is 2. The van der Waals surface area contributed by atoms with Gasteiger partial charge in [0.05, 0.1) is 23.0 Å². The molecule has 2 heterocycles. The summed E-state index contributed by atoms with van der Waals surface area (Å²) < 4.78 is 46.8. The second-order valence-corrected chi connectivity index (χ2v) is 7.21. The Kier molecular flexibility index (Phi) is 4.62. The van der Waals surface area contributed by atoms with Crippen molar-refractivity contribution in [1.29, 1.82) is 0 Å². The van der Waals surface area contributed by atoms with Gasteiger partial charge in [-0.2, -0.15) is 13.2 Å². The number of fused-ring (bicyclic) bond motifs is 3. The Bertz CT molecular complexity index is 1360. The monoisotopic (exact) mass is 418 g/mol. The summed E-state index contributed by atoms with van der Waals surface area (Å²) in [6.45, 7) is 0.424. The number of hydrogen-bond donors (Lipinski definition) is 0. The van der Waals surface area contributed by atoms with Crippen molar-refractivity contribution in [1.82, 2.24) is 9.38 Å². The van der Waals surface area contributed by atoms with Crippen LogP contribution in [0, 0.1) is 0 Å². The zero-order valence-electron chi connectivity index (χ0n) is 16.3. The molecule has 0 aliphatic rings. The Balaban J connectivity index is 1.59. The van der Waals surface area contributed by atoms with Crippen molar-refractivity contribution in [2.75, 3.05) is 0 Å². The van der Waals surface area contributed by atoms with Crippen molar-refractivity contribution < 1.29 is 17.9 Å². The van der Waals surface area contributed by atoms with Crippen LogP contribution >= 0.6 is 0 Å². The van der Waals surface area contributed by atoms with E-state index < -0.39 is 11.7 Å². The molecule has 6 heteroatoms. The van der Waals surface area contributed by atoms with Crippen LogP contribution in [0.2, 0.25) is 0 Å². The van der Waals surface area contributed by atoms with Gasteiger partial charge in [-0.3, -0.25) is 4.40 Å². The number of halogens is 3. The van der Waals surface area contributed by atoms with Crippen LogP contribution in [0.1, 0.15) is 11.1 Å². The Labute approximate surface area is 176 Å². The molecule has 0 saturated heterocycles. The first-order valence-corrected chi connectivity index (χ1v) is 9.74. The molecule has 2 aromatic heterocycles. The van der Waals surface area contributed by atoms with Gasteiger partial charge < -0.3 is 4.74 Å². The number of pyridine rings is 1. The standard InChI is InChI=1S/C25H17F3N2O/c26-25(27,28)19-12-10-18(11-13-19)22-15-29-24-14-23(31-16-17-6-2-1-3-7-17)20-8-4-5-9-21(20)30(22)24/h1-15H,16H2. The highest BCUT2D eigenvalue weighted by Crippen LogP contribution is 2.34. The van der Waals surface area contributed by atoms with E-state index >= 15 is 0 Å². The summed E-state index contributed by atoms with van der Waals surface area (Å²) in [4.78, 5) is 4.49. The molecule has 0 atom stereocenters. The molecule has 0 radical (unpaired) electrons. The first kappa shape index (κ1) is 19.2. The van der Waals surface area contributed by atoms with Crippen LogP contribution in [0.5, 0.6) is 5.75 Å². The molecule has 3 nitrogen and oxygen atoms in total. The van der Waals surface area contributed by atoms with Crippen LogP contribution in [-0.2, 0) is 12.8 Å². The highest BCUT2D eigenvalue weighted by atomic mass is 19.4. The van der Waals surface area contributed by atoms with Crippen molar-refractivity contribution in [2.24, 2.45) is 0 Å². The first-order chi connectivity index (χ1) is 15.0. The van der Waals surface area contributed by atoms with Gasteiger partial charge in [0.2, 0.25) is 0 Å². The van der Waals surface area contributed by atoms with Crippen molar-refractivity contribution in [3.05, 3.63) is 102 Å². The zero-order valence-corrected chi connectivity index (χ0v) is 16.3. The Morgan fingerprint density at radius 3 is 2.29 bits per heavy atom. The summed E-state index contributed by atoms with van der Waals surface area (Å²) in [5.74, 6) is 0.705. The molecular weight excluding hydrogens is 401 g/mol. The molecule has 0 N–H and O–H groups in total. The van der Waals surface area contributed by atoms with Crippen molar-refractivity contribution in [3.63, 3.8) is 0 Å². The molecule has 31 heavy (non-hydrogen) atoms. The predicted octanol–water partition coefficient (Wildman–Crippen LogP) is 6.75. The van der Waals surface area contributed by atoms with E-state index in [-0.39, 0.29) is 0 Å². The Hall–Kier alpha value is -3.80. The average molecular weight is 418 g/mol. The van der Waals surface area contributed by atoms with Crippen LogP contribution < -0.4 is 4.74 Å². The quantitative estimate of drug-likeness (QED) is 0.323. The minimum absolute atomic E-state index is 0.424. The summed E-state index contributed by atoms with van der Waals surface area (Å²) in [5, 5.41) is 0.900. The molecule has 0 spiro atoms. The van der Waals surface area contributed by atoms with E-state index in [1.165, 1.54) is 12.1 Å². The van der Waals surface area contributed by atoms with E-state index in [2.05, 4.69) is 4.98 Å². The lowest BCUT2D eigenvalue weighted by atomic mass is 10.1. The van der Waals surface area contributed by atoms with E-state index in [9.17, 15) is 13.2 Å². The van der Waals surface area contributed by atoms with Gasteiger partial charge in [0.1, 0.15) is 18.0 Å². The maximum absolute atomic E-state index is 12.9. The summed E-state index contributed by atoms with van der Waals surface area (Å²) in [7, 11) is 0. The second-order valence-electron chi connectivity index (χ2n) is 7.21. The van der Waals surface area contributed by atoms with Gasteiger partial charge >= 0.3 is 6.18 Å². The molecule has 0 aliphatic heterocycles. The highest BCUT2D eigenvalue weighted by molar-refractivity contribution is 5.90. The Morgan fingerprint density at radius 1 is 0.839 bits per heavy atom. The lowest BCUT2D eigenvalue weighted by Gasteiger charge is -2.13. The number of para-hydroxylation sites is 1. The summed E-state index contributed by atoms with van der Waals surface area (Å²) in [6, 6.07) is 24.6. The second kappa shape index (κ2) is 7.47. The van der Waals surface area contributed by atoms with Gasteiger partial charge in [0.25, 0.3) is 0 Å². The molecule has 0 bridgehead atoms. The topological polar surface area (TPSA) is 26.5 Å². The van der Waals surface area contributed by atoms with E-state index in [0.717, 1.165) is 34.3 Å². The van der Waals surface area contributed by atoms with Crippen LogP contribution in [0.3, 0.4) is 0 Å². The maximum Gasteiger partial charge on any atom is 0.416 e. The molecule has 5 rings (SSSR count). The number of hydrogen-bond acceptors (Lipinski definition) is 2. The first-order valence-electron chi connectivity index (χ1n) is 9.74. The van der Waals surface area contributed by atoms with Gasteiger partial charge in [-0.25, -0.2) is 4.98 Å². The minimum atomic E-state index is -4.37. The third-order valence-corrected chi connectivity index (χ3v) is 5.20. The van der Waals surface area contributed by atoms with Crippen LogP contribution in [0.4, 0.5) is 13.2 Å². The smallest absolute Gasteiger partial charge is 0.416 e. The third-order valence-electron chi connectivity index (χ3n) is 5.20. The molecule has 0 unspecified atom stereocenters. The van der Waals surface area contributed by atoms with Gasteiger partial charge in [0.15, 0.2) is 0 Å². The van der Waals surface area contributed by atoms with Gasteiger partial charge in [0, 0.05) is 17.0 Å². The van der Waals surface area contributed by atoms with E-state index in [4.69, 9.17) is 4.74 Å².